The number of aromatic amines is 1. The fraction of sp³-hybridized carbons (Fsp3) is 0.227. The van der Waals surface area contributed by atoms with Crippen molar-refractivity contribution in [1.82, 2.24) is 24.5 Å². The van der Waals surface area contributed by atoms with Crippen LogP contribution in [0.4, 0.5) is 17.6 Å². The SMILES string of the molecule is O=C(c1nc2c(C(F)(F)F)cc(-c3cn[nH]c3)cn2c1Br)N1CCC(c2cccc(F)c2)C1. The zero-order valence-electron chi connectivity index (χ0n) is 16.9. The predicted octanol–water partition coefficient (Wildman–Crippen LogP) is 5.27. The zero-order valence-corrected chi connectivity index (χ0v) is 18.5. The number of nitrogens with zero attached hydrogens (tertiary/aromatic N) is 4. The van der Waals surface area contributed by atoms with Gasteiger partial charge in [0.2, 0.25) is 0 Å². The summed E-state index contributed by atoms with van der Waals surface area (Å²) >= 11 is 3.28. The molecule has 6 nitrogen and oxygen atoms in total. The molecule has 5 rings (SSSR count). The Labute approximate surface area is 193 Å². The Morgan fingerprint density at radius 1 is 1.21 bits per heavy atom. The van der Waals surface area contributed by atoms with Gasteiger partial charge in [-0.1, -0.05) is 12.1 Å². The maximum atomic E-state index is 13.8. The summed E-state index contributed by atoms with van der Waals surface area (Å²) in [6.45, 7) is 0.724. The van der Waals surface area contributed by atoms with Gasteiger partial charge in [-0.25, -0.2) is 9.37 Å². The molecular weight excluding hydrogens is 506 g/mol. The molecule has 1 unspecified atom stereocenters. The van der Waals surface area contributed by atoms with Gasteiger partial charge in [0.1, 0.15) is 10.4 Å². The number of H-pyrrole nitrogens is 1. The molecule has 1 aliphatic rings. The molecule has 33 heavy (non-hydrogen) atoms. The van der Waals surface area contributed by atoms with Gasteiger partial charge in [-0.2, -0.15) is 18.3 Å². The van der Waals surface area contributed by atoms with Gasteiger partial charge in [0.25, 0.3) is 5.91 Å². The van der Waals surface area contributed by atoms with Crippen LogP contribution in [0.1, 0.15) is 34.0 Å². The van der Waals surface area contributed by atoms with Crippen molar-refractivity contribution in [2.75, 3.05) is 13.1 Å². The van der Waals surface area contributed by atoms with Crippen molar-refractivity contribution < 1.29 is 22.4 Å². The van der Waals surface area contributed by atoms with Crippen LogP contribution in [-0.4, -0.2) is 43.5 Å². The molecule has 1 aromatic carbocycles. The molecule has 1 fully saturated rings. The van der Waals surface area contributed by atoms with Crippen molar-refractivity contribution in [3.05, 3.63) is 76.2 Å². The Morgan fingerprint density at radius 3 is 2.73 bits per heavy atom. The maximum Gasteiger partial charge on any atom is 0.420 e. The predicted molar refractivity (Wildman–Crippen MR) is 115 cm³/mol. The number of halogens is 5. The first-order valence-corrected chi connectivity index (χ1v) is 10.8. The van der Waals surface area contributed by atoms with E-state index in [1.165, 1.54) is 40.0 Å². The summed E-state index contributed by atoms with van der Waals surface area (Å²) in [4.78, 5) is 18.8. The van der Waals surface area contributed by atoms with Crippen molar-refractivity contribution in [3.8, 4) is 11.1 Å². The lowest BCUT2D eigenvalue weighted by atomic mass is 9.98. The molecule has 0 spiro atoms. The van der Waals surface area contributed by atoms with E-state index in [4.69, 9.17) is 0 Å². The first kappa shape index (κ1) is 21.6. The number of fused-ring (bicyclic) bond motifs is 1. The van der Waals surface area contributed by atoms with Crippen molar-refractivity contribution in [2.45, 2.75) is 18.5 Å². The number of aromatic nitrogens is 4. The van der Waals surface area contributed by atoms with E-state index in [0.717, 1.165) is 11.6 Å². The second kappa shape index (κ2) is 7.98. The highest BCUT2D eigenvalue weighted by Gasteiger charge is 2.37. The number of benzene rings is 1. The number of rotatable bonds is 3. The second-order valence-electron chi connectivity index (χ2n) is 7.86. The number of nitrogens with one attached hydrogen (secondary N) is 1. The maximum absolute atomic E-state index is 13.8. The minimum absolute atomic E-state index is 0.0566. The number of likely N-dealkylation sites (tertiary alicyclic amines) is 1. The van der Waals surface area contributed by atoms with E-state index in [0.29, 0.717) is 25.1 Å². The third kappa shape index (κ3) is 3.90. The van der Waals surface area contributed by atoms with Crippen LogP contribution in [0.15, 0.2) is 53.5 Å². The summed E-state index contributed by atoms with van der Waals surface area (Å²) in [6, 6.07) is 7.20. The molecular formula is C22H16BrF4N5O. The molecule has 0 radical (unpaired) electrons. The Kier molecular flexibility index (Phi) is 5.23. The molecule has 1 N–H and O–H groups in total. The molecule has 4 heterocycles. The van der Waals surface area contributed by atoms with Crippen LogP contribution in [0, 0.1) is 5.82 Å². The van der Waals surface area contributed by atoms with E-state index in [2.05, 4.69) is 31.1 Å². The van der Waals surface area contributed by atoms with E-state index in [1.54, 1.807) is 12.1 Å². The lowest BCUT2D eigenvalue weighted by molar-refractivity contribution is -0.136. The molecule has 11 heteroatoms. The van der Waals surface area contributed by atoms with Gasteiger partial charge in [-0.3, -0.25) is 14.3 Å². The average molecular weight is 522 g/mol. The van der Waals surface area contributed by atoms with E-state index in [-0.39, 0.29) is 33.2 Å². The number of alkyl halides is 3. The molecule has 3 aromatic heterocycles. The molecule has 1 amide bonds. The Hall–Kier alpha value is -3.21. The van der Waals surface area contributed by atoms with E-state index in [9.17, 15) is 22.4 Å². The van der Waals surface area contributed by atoms with Gasteiger partial charge in [-0.15, -0.1) is 0 Å². The van der Waals surface area contributed by atoms with Crippen molar-refractivity contribution >= 4 is 27.5 Å². The number of pyridine rings is 1. The third-order valence-electron chi connectivity index (χ3n) is 5.80. The van der Waals surface area contributed by atoms with Crippen LogP contribution < -0.4 is 0 Å². The highest BCUT2D eigenvalue weighted by molar-refractivity contribution is 9.10. The number of hydrogen-bond acceptors (Lipinski definition) is 3. The Balaban J connectivity index is 1.52. The first-order valence-electron chi connectivity index (χ1n) is 10.0. The normalized spacial score (nSPS) is 16.6. The van der Waals surface area contributed by atoms with Gasteiger partial charge in [0, 0.05) is 42.5 Å². The number of amides is 1. The van der Waals surface area contributed by atoms with Gasteiger partial charge >= 0.3 is 6.18 Å². The van der Waals surface area contributed by atoms with Crippen molar-refractivity contribution in [1.29, 1.82) is 0 Å². The Morgan fingerprint density at radius 2 is 2.03 bits per heavy atom. The van der Waals surface area contributed by atoms with Gasteiger partial charge in [0.05, 0.1) is 11.8 Å². The summed E-state index contributed by atoms with van der Waals surface area (Å²) in [5, 5.41) is 6.37. The van der Waals surface area contributed by atoms with Crippen molar-refractivity contribution in [2.24, 2.45) is 0 Å². The molecule has 1 atom stereocenters. The van der Waals surface area contributed by atoms with Crippen LogP contribution in [-0.2, 0) is 6.18 Å². The number of hydrogen-bond donors (Lipinski definition) is 1. The van der Waals surface area contributed by atoms with E-state index in [1.807, 2.05) is 0 Å². The summed E-state index contributed by atoms with van der Waals surface area (Å²) in [7, 11) is 0. The van der Waals surface area contributed by atoms with E-state index < -0.39 is 17.6 Å². The topological polar surface area (TPSA) is 66.3 Å². The van der Waals surface area contributed by atoms with Gasteiger partial charge in [0.15, 0.2) is 11.3 Å². The minimum Gasteiger partial charge on any atom is -0.337 e. The average Bonchev–Trinajstić information content (AvgIpc) is 3.53. The smallest absolute Gasteiger partial charge is 0.337 e. The van der Waals surface area contributed by atoms with Crippen LogP contribution in [0.2, 0.25) is 0 Å². The van der Waals surface area contributed by atoms with Crippen LogP contribution in [0.5, 0.6) is 0 Å². The molecule has 0 bridgehead atoms. The molecule has 170 valence electrons. The second-order valence-corrected chi connectivity index (χ2v) is 8.61. The standard InChI is InChI=1S/C22H16BrF4N5O/c23-19-18(21(33)31-5-4-13(10-31)12-2-1-3-16(24)6-12)30-20-17(22(25,26)27)7-14(11-32(19)20)15-8-28-29-9-15/h1-3,6-9,11,13H,4-5,10H2,(H,28,29). The quantitative estimate of drug-likeness (QED) is 0.373. The fourth-order valence-corrected chi connectivity index (χ4v) is 4.68. The molecule has 4 aromatic rings. The molecule has 0 saturated carbocycles. The largest absolute Gasteiger partial charge is 0.420 e. The molecule has 1 aliphatic heterocycles. The number of imidazole rings is 1. The fourth-order valence-electron chi connectivity index (χ4n) is 4.16. The summed E-state index contributed by atoms with van der Waals surface area (Å²) in [5.74, 6) is -0.894. The van der Waals surface area contributed by atoms with E-state index >= 15 is 0 Å². The first-order chi connectivity index (χ1) is 15.7. The van der Waals surface area contributed by atoms with Gasteiger partial charge < -0.3 is 4.90 Å². The number of carbonyl (C=O) groups excluding carboxylic acids is 1. The third-order valence-corrected chi connectivity index (χ3v) is 6.55. The van der Waals surface area contributed by atoms with Crippen LogP contribution in [0.25, 0.3) is 16.8 Å². The highest BCUT2D eigenvalue weighted by Crippen LogP contribution is 2.37. The highest BCUT2D eigenvalue weighted by atomic mass is 79.9. The summed E-state index contributed by atoms with van der Waals surface area (Å²) in [5.41, 5.74) is 0.0837. The van der Waals surface area contributed by atoms with Crippen LogP contribution >= 0.6 is 15.9 Å². The lowest BCUT2D eigenvalue weighted by Crippen LogP contribution is -2.29. The summed E-state index contributed by atoms with van der Waals surface area (Å²) in [6.07, 6.45) is 0.313. The van der Waals surface area contributed by atoms with Crippen molar-refractivity contribution in [3.63, 3.8) is 0 Å². The number of carbonyl (C=O) groups is 1. The zero-order chi connectivity index (χ0) is 23.3. The molecule has 1 saturated heterocycles. The molecule has 0 aliphatic carbocycles. The van der Waals surface area contributed by atoms with Gasteiger partial charge in [-0.05, 0) is 46.1 Å². The minimum atomic E-state index is -4.68. The monoisotopic (exact) mass is 521 g/mol. The Bertz CT molecular complexity index is 1350. The lowest BCUT2D eigenvalue weighted by Gasteiger charge is -2.15. The van der Waals surface area contributed by atoms with Crippen LogP contribution in [0.3, 0.4) is 0 Å². The summed E-state index contributed by atoms with van der Waals surface area (Å²) < 4.78 is 56.4.